The largest absolute Gasteiger partial charge is 0.493 e. The maximum absolute atomic E-state index is 14.6. The molecule has 0 unspecified atom stereocenters. The van der Waals surface area contributed by atoms with Crippen molar-refractivity contribution < 1.29 is 71.1 Å². The first-order valence-electron chi connectivity index (χ1n) is 22.8. The van der Waals surface area contributed by atoms with Gasteiger partial charge in [0.25, 0.3) is 11.8 Å². The van der Waals surface area contributed by atoms with Crippen LogP contribution >= 0.6 is 69.6 Å². The van der Waals surface area contributed by atoms with Crippen molar-refractivity contribution in [3.63, 3.8) is 0 Å². The number of hydrogen-bond acceptors (Lipinski definition) is 15. The summed E-state index contributed by atoms with van der Waals surface area (Å²) in [4.78, 5) is 81.8. The number of hydrogen-bond donors (Lipinski definition) is 2. The number of nitrogens with zero attached hydrogens (tertiary/aromatic N) is 2. The Morgan fingerprint density at radius 2 is 1.06 bits per heavy atom. The van der Waals surface area contributed by atoms with Crippen molar-refractivity contribution in [3.05, 3.63) is 35.4 Å². The standard InChI is InChI=1S/C46H62Cl6N4O15Si/c1-11-28-15-30(70-26(2)57)21-55(28)40(59)32-17-36(63-7)38(19-34(32)53-42(61)67-24-45(47,48)49)65-13-12-14-66-39-20-35(54-43(62)68-25-46(50,51)52)33(18-37(39)64-8)41(60)56-22-31(71-27(3)58)16-29(56)23-69-72(9,10)44(4,5)6/h17-20,28-31H,11-16,21-25H2,1-10H3,(H,53,61)(H,54,62)/t28-,29+,30-,31-/m1/s1. The van der Waals surface area contributed by atoms with Gasteiger partial charge in [-0.1, -0.05) is 97.3 Å². The number of benzene rings is 2. The predicted octanol–water partition coefficient (Wildman–Crippen LogP) is 10.1. The summed E-state index contributed by atoms with van der Waals surface area (Å²) < 4.78 is 47.4. The number of carbonyl (C=O) groups excluding carboxylic acids is 6. The van der Waals surface area contributed by atoms with Gasteiger partial charge in [-0.3, -0.25) is 29.8 Å². The van der Waals surface area contributed by atoms with Gasteiger partial charge in [0, 0.05) is 51.3 Å². The molecule has 2 N–H and O–H groups in total. The van der Waals surface area contributed by atoms with E-state index in [0.29, 0.717) is 19.3 Å². The Morgan fingerprint density at radius 3 is 1.42 bits per heavy atom. The number of ether oxygens (including phenoxy) is 8. The lowest BCUT2D eigenvalue weighted by molar-refractivity contribution is -0.146. The summed E-state index contributed by atoms with van der Waals surface area (Å²) in [6.45, 7) is 14.0. The van der Waals surface area contributed by atoms with E-state index in [1.807, 2.05) is 6.92 Å². The van der Waals surface area contributed by atoms with Gasteiger partial charge in [-0.25, -0.2) is 9.59 Å². The SMILES string of the molecule is CC[C@@H]1C[C@@H](OC(C)=O)CN1C(=O)c1cc(OC)c(OCCCOc2cc(NC(=O)OCC(Cl)(Cl)Cl)c(C(=O)N3C[C@H](OC(C)=O)C[C@H]3CO[Si](C)(C)C(C)(C)C)cc2OC)cc1NC(=O)OCC(Cl)(Cl)Cl. The van der Waals surface area contributed by atoms with Gasteiger partial charge >= 0.3 is 24.1 Å². The number of carbonyl (C=O) groups is 6. The lowest BCUT2D eigenvalue weighted by atomic mass is 10.1. The fraction of sp³-hybridized carbons (Fsp3) is 0.609. The van der Waals surface area contributed by atoms with Gasteiger partial charge < -0.3 is 52.1 Å². The molecule has 4 atom stereocenters. The molecule has 19 nitrogen and oxygen atoms in total. The molecule has 0 spiro atoms. The lowest BCUT2D eigenvalue weighted by Gasteiger charge is -2.38. The van der Waals surface area contributed by atoms with E-state index in [-0.39, 0.29) is 95.9 Å². The van der Waals surface area contributed by atoms with Crippen LogP contribution in [-0.4, -0.2) is 146 Å². The summed E-state index contributed by atoms with van der Waals surface area (Å²) in [5.41, 5.74) is -0.0878. The summed E-state index contributed by atoms with van der Waals surface area (Å²) in [7, 11) is 0.449. The highest BCUT2D eigenvalue weighted by atomic mass is 35.6. The van der Waals surface area contributed by atoms with Crippen LogP contribution in [-0.2, 0) is 33.0 Å². The molecule has 72 heavy (non-hydrogen) atoms. The van der Waals surface area contributed by atoms with E-state index in [0.717, 1.165) is 0 Å². The van der Waals surface area contributed by atoms with E-state index in [1.54, 1.807) is 4.90 Å². The van der Waals surface area contributed by atoms with Crippen LogP contribution in [0.2, 0.25) is 18.1 Å². The second-order valence-electron chi connectivity index (χ2n) is 18.4. The third kappa shape index (κ3) is 17.8. The quantitative estimate of drug-likeness (QED) is 0.0415. The Balaban J connectivity index is 1.61. The zero-order valence-corrected chi connectivity index (χ0v) is 47.2. The van der Waals surface area contributed by atoms with Gasteiger partial charge in [0.05, 0.1) is 75.7 Å². The smallest absolute Gasteiger partial charge is 0.411 e. The van der Waals surface area contributed by atoms with Gasteiger partial charge in [0.15, 0.2) is 31.3 Å². The Bertz CT molecular complexity index is 2280. The van der Waals surface area contributed by atoms with Gasteiger partial charge in [-0.2, -0.15) is 0 Å². The molecular weight excluding hydrogens is 1090 g/mol. The molecule has 0 bridgehead atoms. The first-order chi connectivity index (χ1) is 33.4. The van der Waals surface area contributed by atoms with Crippen LogP contribution in [0.5, 0.6) is 23.0 Å². The summed E-state index contributed by atoms with van der Waals surface area (Å²) >= 11 is 34.9. The fourth-order valence-electron chi connectivity index (χ4n) is 7.50. The number of halogens is 6. The van der Waals surface area contributed by atoms with Crippen molar-refractivity contribution in [2.75, 3.05) is 71.0 Å². The van der Waals surface area contributed by atoms with Crippen molar-refractivity contribution in [3.8, 4) is 23.0 Å². The first kappa shape index (κ1) is 60.5. The van der Waals surface area contributed by atoms with E-state index in [2.05, 4.69) is 44.5 Å². The monoisotopic (exact) mass is 1150 g/mol. The number of alkyl halides is 6. The molecule has 2 saturated heterocycles. The van der Waals surface area contributed by atoms with Gasteiger partial charge in [0.2, 0.25) is 7.59 Å². The molecule has 2 fully saturated rings. The summed E-state index contributed by atoms with van der Waals surface area (Å²) in [5, 5.41) is 4.96. The van der Waals surface area contributed by atoms with Crippen LogP contribution < -0.4 is 29.6 Å². The fourth-order valence-corrected chi connectivity index (χ4v) is 8.87. The number of likely N-dealkylation sites (tertiary alicyclic amines) is 2. The van der Waals surface area contributed by atoms with Gasteiger partial charge in [-0.05, 0) is 36.7 Å². The number of methoxy groups -OCH3 is 2. The minimum absolute atomic E-state index is 0.00819. The van der Waals surface area contributed by atoms with Gasteiger partial charge in [-0.15, -0.1) is 0 Å². The number of nitrogens with one attached hydrogen (secondary N) is 2. The predicted molar refractivity (Wildman–Crippen MR) is 276 cm³/mol. The minimum atomic E-state index is -2.29. The third-order valence-corrected chi connectivity index (χ3v) is 17.1. The molecular formula is C46H62Cl6N4O15Si. The van der Waals surface area contributed by atoms with E-state index >= 15 is 0 Å². The van der Waals surface area contributed by atoms with Crippen molar-refractivity contribution in [2.24, 2.45) is 0 Å². The van der Waals surface area contributed by atoms with Crippen LogP contribution in [0.3, 0.4) is 0 Å². The molecule has 26 heteroatoms. The summed E-state index contributed by atoms with van der Waals surface area (Å²) in [6, 6.07) is 4.75. The Morgan fingerprint density at radius 1 is 0.653 bits per heavy atom. The molecule has 4 rings (SSSR count). The van der Waals surface area contributed by atoms with E-state index in [9.17, 15) is 28.8 Å². The summed E-state index contributed by atoms with van der Waals surface area (Å²) in [5.74, 6) is -1.56. The molecule has 2 aliphatic rings. The number of rotatable bonds is 20. The molecule has 2 aliphatic heterocycles. The van der Waals surface area contributed by atoms with Gasteiger partial charge in [0.1, 0.15) is 25.4 Å². The average molecular weight is 1150 g/mol. The first-order valence-corrected chi connectivity index (χ1v) is 27.9. The van der Waals surface area contributed by atoms with E-state index < -0.39 is 83.3 Å². The normalized spacial score (nSPS) is 18.2. The maximum Gasteiger partial charge on any atom is 0.411 e. The maximum atomic E-state index is 14.6. The van der Waals surface area contributed by atoms with Crippen molar-refractivity contribution in [1.29, 1.82) is 0 Å². The number of esters is 2. The molecule has 2 heterocycles. The van der Waals surface area contributed by atoms with Crippen LogP contribution in [0.15, 0.2) is 24.3 Å². The molecule has 2 aromatic carbocycles. The second-order valence-corrected chi connectivity index (χ2v) is 28.3. The van der Waals surface area contributed by atoms with E-state index in [1.165, 1.54) is 57.2 Å². The Kier molecular flexibility index (Phi) is 21.8. The third-order valence-electron chi connectivity index (χ3n) is 11.9. The number of amides is 4. The highest BCUT2D eigenvalue weighted by Crippen LogP contribution is 2.40. The zero-order chi connectivity index (χ0) is 53.9. The zero-order valence-electron chi connectivity index (χ0n) is 41.7. The van der Waals surface area contributed by atoms with Crippen LogP contribution in [0, 0.1) is 0 Å². The van der Waals surface area contributed by atoms with Crippen molar-refractivity contribution >= 4 is 125 Å². The molecule has 402 valence electrons. The summed E-state index contributed by atoms with van der Waals surface area (Å²) in [6.07, 6.45) is -1.76. The Hall–Kier alpha value is -4.02. The average Bonchev–Trinajstić information content (AvgIpc) is 3.88. The van der Waals surface area contributed by atoms with Crippen LogP contribution in [0.25, 0.3) is 0 Å². The topological polar surface area (TPSA) is 216 Å². The Labute approximate surface area is 450 Å². The van der Waals surface area contributed by atoms with Crippen LogP contribution in [0.1, 0.15) is 87.9 Å². The number of anilines is 2. The molecule has 0 aromatic heterocycles. The lowest BCUT2D eigenvalue weighted by Crippen LogP contribution is -2.46. The van der Waals surface area contributed by atoms with Crippen molar-refractivity contribution in [2.45, 2.75) is 117 Å². The highest BCUT2D eigenvalue weighted by Gasteiger charge is 2.43. The molecule has 0 aliphatic carbocycles. The highest BCUT2D eigenvalue weighted by molar-refractivity contribution is 6.74. The van der Waals surface area contributed by atoms with Crippen molar-refractivity contribution in [1.82, 2.24) is 9.80 Å². The van der Waals surface area contributed by atoms with E-state index in [4.69, 9.17) is 112 Å². The molecule has 2 aromatic rings. The van der Waals surface area contributed by atoms with Crippen LogP contribution in [0.4, 0.5) is 21.0 Å². The minimum Gasteiger partial charge on any atom is -0.493 e. The second kappa shape index (κ2) is 26.0. The molecule has 4 amide bonds. The molecule has 0 radical (unpaired) electrons. The molecule has 0 saturated carbocycles.